The summed E-state index contributed by atoms with van der Waals surface area (Å²) < 4.78 is 9.51. The third-order valence-electron chi connectivity index (χ3n) is 3.90. The van der Waals surface area contributed by atoms with Gasteiger partial charge in [0, 0.05) is 11.0 Å². The van der Waals surface area contributed by atoms with Gasteiger partial charge in [0.1, 0.15) is 0 Å². The SMILES string of the molecule is Cc1c(I)c(CBr)nn1CCO[Si](C)(C)C(C)(C)C. The van der Waals surface area contributed by atoms with Crippen molar-refractivity contribution in [2.24, 2.45) is 0 Å². The number of hydrogen-bond donors (Lipinski definition) is 0. The maximum absolute atomic E-state index is 6.20. The van der Waals surface area contributed by atoms with Gasteiger partial charge in [0.25, 0.3) is 0 Å². The number of hydrogen-bond acceptors (Lipinski definition) is 2. The van der Waals surface area contributed by atoms with Gasteiger partial charge in [0.15, 0.2) is 8.32 Å². The van der Waals surface area contributed by atoms with Gasteiger partial charge in [-0.15, -0.1) is 0 Å². The minimum absolute atomic E-state index is 0.265. The van der Waals surface area contributed by atoms with Crippen LogP contribution in [-0.2, 0) is 16.3 Å². The van der Waals surface area contributed by atoms with Crippen LogP contribution < -0.4 is 0 Å². The molecule has 0 N–H and O–H groups in total. The van der Waals surface area contributed by atoms with Gasteiger partial charge < -0.3 is 4.43 Å². The molecule has 6 heteroatoms. The van der Waals surface area contributed by atoms with Crippen LogP contribution in [0.4, 0.5) is 0 Å². The van der Waals surface area contributed by atoms with Crippen LogP contribution in [0.15, 0.2) is 0 Å². The largest absolute Gasteiger partial charge is 0.415 e. The normalized spacial score (nSPS) is 13.1. The lowest BCUT2D eigenvalue weighted by molar-refractivity contribution is 0.264. The maximum atomic E-state index is 6.20. The first kappa shape index (κ1) is 17.6. The summed E-state index contributed by atoms with van der Waals surface area (Å²) in [5.41, 5.74) is 2.35. The molecule has 1 aromatic rings. The van der Waals surface area contributed by atoms with Crippen molar-refractivity contribution in [3.05, 3.63) is 15.0 Å². The van der Waals surface area contributed by atoms with E-state index in [9.17, 15) is 0 Å². The minimum Gasteiger partial charge on any atom is -0.415 e. The predicted molar refractivity (Wildman–Crippen MR) is 95.5 cm³/mol. The summed E-state index contributed by atoms with van der Waals surface area (Å²) in [7, 11) is -1.64. The van der Waals surface area contributed by atoms with Crippen molar-refractivity contribution < 1.29 is 4.43 Å². The van der Waals surface area contributed by atoms with E-state index in [0.29, 0.717) is 0 Å². The number of halogens is 2. The molecule has 110 valence electrons. The second kappa shape index (κ2) is 6.57. The van der Waals surface area contributed by atoms with Gasteiger partial charge >= 0.3 is 0 Å². The Bertz CT molecular complexity index is 441. The zero-order valence-corrected chi connectivity index (χ0v) is 17.4. The molecule has 0 atom stereocenters. The fourth-order valence-electron chi connectivity index (χ4n) is 1.49. The second-order valence-corrected chi connectivity index (χ2v) is 12.8. The summed E-state index contributed by atoms with van der Waals surface area (Å²) >= 11 is 5.84. The zero-order valence-electron chi connectivity index (χ0n) is 12.7. The summed E-state index contributed by atoms with van der Waals surface area (Å²) in [4.78, 5) is 0. The van der Waals surface area contributed by atoms with Gasteiger partial charge in [-0.2, -0.15) is 5.10 Å². The zero-order chi connectivity index (χ0) is 14.8. The van der Waals surface area contributed by atoms with Gasteiger partial charge in [0.05, 0.1) is 22.4 Å². The molecular formula is C13H24BrIN2OSi. The van der Waals surface area contributed by atoms with Gasteiger partial charge in [-0.1, -0.05) is 36.7 Å². The van der Waals surface area contributed by atoms with Crippen molar-refractivity contribution in [1.82, 2.24) is 9.78 Å². The molecule has 3 nitrogen and oxygen atoms in total. The highest BCUT2D eigenvalue weighted by molar-refractivity contribution is 14.1. The van der Waals surface area contributed by atoms with Crippen LogP contribution >= 0.6 is 38.5 Å². The molecule has 1 heterocycles. The fourth-order valence-corrected chi connectivity index (χ4v) is 4.02. The van der Waals surface area contributed by atoms with Gasteiger partial charge in [-0.05, 0) is 47.6 Å². The highest BCUT2D eigenvalue weighted by Crippen LogP contribution is 2.36. The molecule has 0 amide bonds. The highest BCUT2D eigenvalue weighted by Gasteiger charge is 2.36. The molecule has 0 saturated heterocycles. The van der Waals surface area contributed by atoms with Gasteiger partial charge in [-0.3, -0.25) is 4.68 Å². The van der Waals surface area contributed by atoms with E-state index in [-0.39, 0.29) is 5.04 Å². The van der Waals surface area contributed by atoms with E-state index in [1.165, 1.54) is 9.26 Å². The molecule has 1 aromatic heterocycles. The quantitative estimate of drug-likeness (QED) is 0.362. The van der Waals surface area contributed by atoms with E-state index in [0.717, 1.165) is 24.2 Å². The average molecular weight is 459 g/mol. The molecule has 0 aliphatic carbocycles. The summed E-state index contributed by atoms with van der Waals surface area (Å²) in [5.74, 6) is 0. The van der Waals surface area contributed by atoms with Crippen molar-refractivity contribution in [1.29, 1.82) is 0 Å². The Kier molecular flexibility index (Phi) is 6.11. The van der Waals surface area contributed by atoms with E-state index >= 15 is 0 Å². The van der Waals surface area contributed by atoms with E-state index in [2.05, 4.69) is 89.1 Å². The molecule has 0 bridgehead atoms. The number of aromatic nitrogens is 2. The molecule has 0 aliphatic rings. The Hall–Kier alpha value is 0.597. The maximum Gasteiger partial charge on any atom is 0.192 e. The predicted octanol–water partition coefficient (Wildman–Crippen LogP) is 4.71. The Balaban J connectivity index is 2.64. The van der Waals surface area contributed by atoms with Crippen LogP contribution in [0.1, 0.15) is 32.2 Å². The highest BCUT2D eigenvalue weighted by atomic mass is 127. The first-order valence-electron chi connectivity index (χ1n) is 6.52. The molecular weight excluding hydrogens is 435 g/mol. The van der Waals surface area contributed by atoms with Crippen LogP contribution in [0.3, 0.4) is 0 Å². The summed E-state index contributed by atoms with van der Waals surface area (Å²) in [6.45, 7) is 15.1. The minimum atomic E-state index is -1.64. The van der Waals surface area contributed by atoms with E-state index in [1.54, 1.807) is 0 Å². The smallest absolute Gasteiger partial charge is 0.192 e. The molecule has 0 radical (unpaired) electrons. The Labute approximate surface area is 139 Å². The molecule has 1 rings (SSSR count). The molecule has 0 fully saturated rings. The summed E-state index contributed by atoms with van der Waals surface area (Å²) in [6.07, 6.45) is 0. The summed E-state index contributed by atoms with van der Waals surface area (Å²) in [6, 6.07) is 0. The molecule has 0 saturated carbocycles. The monoisotopic (exact) mass is 458 g/mol. The lowest BCUT2D eigenvalue weighted by atomic mass is 10.2. The van der Waals surface area contributed by atoms with Crippen LogP contribution in [-0.4, -0.2) is 24.7 Å². The Morgan fingerprint density at radius 1 is 1.37 bits per heavy atom. The van der Waals surface area contributed by atoms with Crippen molar-refractivity contribution in [3.8, 4) is 0 Å². The van der Waals surface area contributed by atoms with Crippen LogP contribution in [0.2, 0.25) is 18.1 Å². The molecule has 0 aliphatic heterocycles. The first-order valence-corrected chi connectivity index (χ1v) is 11.6. The number of nitrogens with zero attached hydrogens (tertiary/aromatic N) is 2. The first-order chi connectivity index (χ1) is 8.60. The van der Waals surface area contributed by atoms with Crippen molar-refractivity contribution in [2.45, 2.75) is 57.7 Å². The van der Waals surface area contributed by atoms with Crippen LogP contribution in [0.5, 0.6) is 0 Å². The second-order valence-electron chi connectivity index (χ2n) is 6.31. The average Bonchev–Trinajstić information content (AvgIpc) is 2.55. The number of alkyl halides is 1. The lowest BCUT2D eigenvalue weighted by Crippen LogP contribution is -2.41. The summed E-state index contributed by atoms with van der Waals surface area (Å²) in [5, 5.41) is 5.68. The van der Waals surface area contributed by atoms with Gasteiger partial charge in [-0.25, -0.2) is 0 Å². The van der Waals surface area contributed by atoms with Crippen LogP contribution in [0, 0.1) is 10.5 Å². The van der Waals surface area contributed by atoms with Crippen LogP contribution in [0.25, 0.3) is 0 Å². The van der Waals surface area contributed by atoms with E-state index < -0.39 is 8.32 Å². The Morgan fingerprint density at radius 2 is 1.95 bits per heavy atom. The number of rotatable bonds is 5. The Morgan fingerprint density at radius 3 is 2.37 bits per heavy atom. The van der Waals surface area contributed by atoms with Gasteiger partial charge in [0.2, 0.25) is 0 Å². The fraction of sp³-hybridized carbons (Fsp3) is 0.769. The van der Waals surface area contributed by atoms with Crippen molar-refractivity contribution in [2.75, 3.05) is 6.61 Å². The molecule has 0 unspecified atom stereocenters. The van der Waals surface area contributed by atoms with Crippen molar-refractivity contribution in [3.63, 3.8) is 0 Å². The molecule has 0 spiro atoms. The van der Waals surface area contributed by atoms with E-state index in [1.807, 2.05) is 0 Å². The van der Waals surface area contributed by atoms with Crippen molar-refractivity contribution >= 4 is 46.8 Å². The van der Waals surface area contributed by atoms with E-state index in [4.69, 9.17) is 4.43 Å². The lowest BCUT2D eigenvalue weighted by Gasteiger charge is -2.36. The third-order valence-corrected chi connectivity index (χ3v) is 10.4. The standard InChI is InChI=1S/C13H24BrIN2OSi/c1-10-12(15)11(9-14)16-17(10)7-8-18-19(5,6)13(2,3)4/h7-9H2,1-6H3. The molecule has 19 heavy (non-hydrogen) atoms. The molecule has 0 aromatic carbocycles. The third kappa shape index (κ3) is 4.28. The topological polar surface area (TPSA) is 27.1 Å².